The zero-order valence-electron chi connectivity index (χ0n) is 11.9. The summed E-state index contributed by atoms with van der Waals surface area (Å²) in [4.78, 5) is 20.6. The van der Waals surface area contributed by atoms with Crippen LogP contribution in [0.2, 0.25) is 0 Å². The molecule has 1 aliphatic heterocycles. The van der Waals surface area contributed by atoms with Gasteiger partial charge in [-0.1, -0.05) is 0 Å². The highest BCUT2D eigenvalue weighted by Gasteiger charge is 2.24. The molecule has 1 fully saturated rings. The van der Waals surface area contributed by atoms with E-state index in [9.17, 15) is 4.79 Å². The van der Waals surface area contributed by atoms with Crippen LogP contribution in [0.4, 0.5) is 5.82 Å². The SMILES string of the molecule is CNc1cc(C(=O)N(C)CC2CCCN2C)ccn1. The van der Waals surface area contributed by atoms with Crippen molar-refractivity contribution in [1.82, 2.24) is 14.8 Å². The standard InChI is InChI=1S/C14H22N4O/c1-15-13-9-11(6-7-16-13)14(19)18(3)10-12-5-4-8-17(12)2/h6-7,9,12H,4-5,8,10H2,1-3H3,(H,15,16). The summed E-state index contributed by atoms with van der Waals surface area (Å²) in [5, 5.41) is 2.95. The number of aromatic nitrogens is 1. The minimum absolute atomic E-state index is 0.0548. The molecule has 1 aromatic rings. The fourth-order valence-corrected chi connectivity index (χ4v) is 2.53. The van der Waals surface area contributed by atoms with Gasteiger partial charge in [0.05, 0.1) is 0 Å². The Hall–Kier alpha value is -1.62. The molecule has 0 aliphatic carbocycles. The van der Waals surface area contributed by atoms with Crippen molar-refractivity contribution in [3.05, 3.63) is 23.9 Å². The quantitative estimate of drug-likeness (QED) is 0.888. The number of hydrogen-bond acceptors (Lipinski definition) is 4. The van der Waals surface area contributed by atoms with Crippen molar-refractivity contribution in [3.8, 4) is 0 Å². The first-order chi connectivity index (χ1) is 9.11. The van der Waals surface area contributed by atoms with Crippen LogP contribution in [0.1, 0.15) is 23.2 Å². The molecule has 1 aromatic heterocycles. The average Bonchev–Trinajstić information content (AvgIpc) is 2.83. The molecular weight excluding hydrogens is 240 g/mol. The van der Waals surface area contributed by atoms with E-state index in [-0.39, 0.29) is 5.91 Å². The molecule has 2 heterocycles. The third-order valence-corrected chi connectivity index (χ3v) is 3.77. The molecule has 1 atom stereocenters. The Balaban J connectivity index is 2.01. The van der Waals surface area contributed by atoms with Crippen LogP contribution < -0.4 is 5.32 Å². The number of hydrogen-bond donors (Lipinski definition) is 1. The third-order valence-electron chi connectivity index (χ3n) is 3.77. The van der Waals surface area contributed by atoms with Gasteiger partial charge < -0.3 is 15.1 Å². The van der Waals surface area contributed by atoms with Crippen molar-refractivity contribution in [2.45, 2.75) is 18.9 Å². The fraction of sp³-hybridized carbons (Fsp3) is 0.571. The Bertz CT molecular complexity index is 449. The molecule has 0 radical (unpaired) electrons. The van der Waals surface area contributed by atoms with Gasteiger partial charge in [0.2, 0.25) is 0 Å². The van der Waals surface area contributed by atoms with Gasteiger partial charge >= 0.3 is 0 Å². The molecule has 0 bridgehead atoms. The summed E-state index contributed by atoms with van der Waals surface area (Å²) >= 11 is 0. The van der Waals surface area contributed by atoms with E-state index in [0.717, 1.165) is 18.9 Å². The van der Waals surface area contributed by atoms with E-state index in [0.29, 0.717) is 11.6 Å². The van der Waals surface area contributed by atoms with E-state index in [4.69, 9.17) is 0 Å². The van der Waals surface area contributed by atoms with E-state index in [2.05, 4.69) is 22.2 Å². The minimum Gasteiger partial charge on any atom is -0.373 e. The number of carbonyl (C=O) groups excluding carboxylic acids is 1. The largest absolute Gasteiger partial charge is 0.373 e. The molecule has 2 rings (SSSR count). The molecule has 1 N–H and O–H groups in total. The molecule has 1 amide bonds. The molecule has 0 spiro atoms. The van der Waals surface area contributed by atoms with Gasteiger partial charge in [-0.05, 0) is 38.6 Å². The average molecular weight is 262 g/mol. The maximum absolute atomic E-state index is 12.4. The molecule has 19 heavy (non-hydrogen) atoms. The van der Waals surface area contributed by atoms with Crippen LogP contribution in [0.5, 0.6) is 0 Å². The highest BCUT2D eigenvalue weighted by molar-refractivity contribution is 5.94. The number of likely N-dealkylation sites (N-methyl/N-ethyl adjacent to an activating group) is 2. The molecule has 104 valence electrons. The third kappa shape index (κ3) is 3.23. The summed E-state index contributed by atoms with van der Waals surface area (Å²) < 4.78 is 0. The lowest BCUT2D eigenvalue weighted by atomic mass is 10.2. The highest BCUT2D eigenvalue weighted by atomic mass is 16.2. The van der Waals surface area contributed by atoms with Gasteiger partial charge in [-0.2, -0.15) is 0 Å². The number of likely N-dealkylation sites (tertiary alicyclic amines) is 1. The predicted molar refractivity (Wildman–Crippen MR) is 76.4 cm³/mol. The van der Waals surface area contributed by atoms with Gasteiger partial charge in [-0.25, -0.2) is 4.98 Å². The lowest BCUT2D eigenvalue weighted by Crippen LogP contribution is -2.39. The summed E-state index contributed by atoms with van der Waals surface area (Å²) in [6, 6.07) is 4.04. The Morgan fingerprint density at radius 3 is 3.05 bits per heavy atom. The molecular formula is C14H22N4O. The number of rotatable bonds is 4. The number of pyridine rings is 1. The van der Waals surface area contributed by atoms with Gasteiger partial charge in [0.25, 0.3) is 5.91 Å². The Labute approximate surface area is 114 Å². The molecule has 5 heteroatoms. The minimum atomic E-state index is 0.0548. The number of anilines is 1. The van der Waals surface area contributed by atoms with Gasteiger partial charge in [0.1, 0.15) is 5.82 Å². The number of carbonyl (C=O) groups is 1. The van der Waals surface area contributed by atoms with Crippen LogP contribution in [0, 0.1) is 0 Å². The van der Waals surface area contributed by atoms with Crippen LogP contribution in [0.25, 0.3) is 0 Å². The molecule has 5 nitrogen and oxygen atoms in total. The van der Waals surface area contributed by atoms with Crippen molar-refractivity contribution in [3.63, 3.8) is 0 Å². The van der Waals surface area contributed by atoms with Crippen LogP contribution in [-0.2, 0) is 0 Å². The van der Waals surface area contributed by atoms with Crippen LogP contribution in [-0.4, -0.2) is 61.0 Å². The first-order valence-electron chi connectivity index (χ1n) is 6.71. The Kier molecular flexibility index (Phi) is 4.37. The topological polar surface area (TPSA) is 48.5 Å². The van der Waals surface area contributed by atoms with Crippen LogP contribution >= 0.6 is 0 Å². The summed E-state index contributed by atoms with van der Waals surface area (Å²) in [7, 11) is 5.79. The van der Waals surface area contributed by atoms with Crippen molar-refractivity contribution in [2.24, 2.45) is 0 Å². The second-order valence-corrected chi connectivity index (χ2v) is 5.14. The monoisotopic (exact) mass is 262 g/mol. The fourth-order valence-electron chi connectivity index (χ4n) is 2.53. The molecule has 1 saturated heterocycles. The van der Waals surface area contributed by atoms with Gasteiger partial charge in [-0.15, -0.1) is 0 Å². The Morgan fingerprint density at radius 1 is 1.63 bits per heavy atom. The van der Waals surface area contributed by atoms with Crippen molar-refractivity contribution in [2.75, 3.05) is 39.5 Å². The highest BCUT2D eigenvalue weighted by Crippen LogP contribution is 2.16. The lowest BCUT2D eigenvalue weighted by molar-refractivity contribution is 0.0761. The summed E-state index contributed by atoms with van der Waals surface area (Å²) in [6.07, 6.45) is 4.06. The smallest absolute Gasteiger partial charge is 0.253 e. The summed E-state index contributed by atoms with van der Waals surface area (Å²) in [5.74, 6) is 0.774. The van der Waals surface area contributed by atoms with Crippen molar-refractivity contribution >= 4 is 11.7 Å². The second kappa shape index (κ2) is 6.02. The van der Waals surface area contributed by atoms with E-state index in [1.165, 1.54) is 12.8 Å². The van der Waals surface area contributed by atoms with Crippen LogP contribution in [0.15, 0.2) is 18.3 Å². The van der Waals surface area contributed by atoms with E-state index in [1.807, 2.05) is 7.05 Å². The lowest BCUT2D eigenvalue weighted by Gasteiger charge is -2.26. The number of nitrogens with zero attached hydrogens (tertiary/aromatic N) is 3. The zero-order valence-corrected chi connectivity index (χ0v) is 11.9. The summed E-state index contributed by atoms with van der Waals surface area (Å²) in [5.41, 5.74) is 0.683. The predicted octanol–water partition coefficient (Wildman–Crippen LogP) is 1.29. The van der Waals surface area contributed by atoms with Gasteiger partial charge in [-0.3, -0.25) is 4.79 Å². The maximum Gasteiger partial charge on any atom is 0.253 e. The molecule has 0 aromatic carbocycles. The van der Waals surface area contributed by atoms with E-state index in [1.54, 1.807) is 30.3 Å². The first kappa shape index (κ1) is 13.8. The molecule has 1 unspecified atom stereocenters. The second-order valence-electron chi connectivity index (χ2n) is 5.14. The van der Waals surface area contributed by atoms with E-state index < -0.39 is 0 Å². The molecule has 1 aliphatic rings. The summed E-state index contributed by atoms with van der Waals surface area (Å²) in [6.45, 7) is 1.92. The zero-order chi connectivity index (χ0) is 13.8. The number of amides is 1. The first-order valence-corrected chi connectivity index (χ1v) is 6.71. The van der Waals surface area contributed by atoms with E-state index >= 15 is 0 Å². The number of nitrogens with one attached hydrogen (secondary N) is 1. The Morgan fingerprint density at radius 2 is 2.42 bits per heavy atom. The van der Waals surface area contributed by atoms with Gasteiger partial charge in [0.15, 0.2) is 0 Å². The molecule has 0 saturated carbocycles. The van der Waals surface area contributed by atoms with Crippen molar-refractivity contribution < 1.29 is 4.79 Å². The normalized spacial score (nSPS) is 19.4. The maximum atomic E-state index is 12.4. The van der Waals surface area contributed by atoms with Crippen molar-refractivity contribution in [1.29, 1.82) is 0 Å². The van der Waals surface area contributed by atoms with Crippen LogP contribution in [0.3, 0.4) is 0 Å². The van der Waals surface area contributed by atoms with Gasteiger partial charge in [0, 0.05) is 38.4 Å².